The van der Waals surface area contributed by atoms with Crippen molar-refractivity contribution in [1.29, 1.82) is 0 Å². The van der Waals surface area contributed by atoms with Gasteiger partial charge in [0.25, 0.3) is 0 Å². The first-order chi connectivity index (χ1) is 11.3. The first-order valence-corrected chi connectivity index (χ1v) is 9.87. The summed E-state index contributed by atoms with van der Waals surface area (Å²) in [6.45, 7) is 10.2. The topological polar surface area (TPSA) is 67.1 Å². The summed E-state index contributed by atoms with van der Waals surface area (Å²) in [5.41, 5.74) is 0. The summed E-state index contributed by atoms with van der Waals surface area (Å²) >= 11 is 1.97. The quantitative estimate of drug-likeness (QED) is 0.468. The van der Waals surface area contributed by atoms with E-state index in [1.807, 2.05) is 30.3 Å². The van der Waals surface area contributed by atoms with Crippen LogP contribution in [-0.4, -0.2) is 43.8 Å². The smallest absolute Gasteiger partial charge is 0.191 e. The molecule has 0 spiro atoms. The fourth-order valence-electron chi connectivity index (χ4n) is 2.68. The molecule has 0 radical (unpaired) electrons. The van der Waals surface area contributed by atoms with Gasteiger partial charge in [0, 0.05) is 30.1 Å². The molecule has 1 aromatic rings. The van der Waals surface area contributed by atoms with Crippen LogP contribution >= 0.6 is 11.8 Å². The Morgan fingerprint density at radius 1 is 1.29 bits per heavy atom. The van der Waals surface area contributed by atoms with E-state index in [2.05, 4.69) is 41.6 Å². The Balaban J connectivity index is 1.91. The van der Waals surface area contributed by atoms with Crippen molar-refractivity contribution in [3.05, 3.63) is 11.6 Å². The minimum atomic E-state index is 0.300. The molecule has 136 valence electrons. The monoisotopic (exact) mass is 352 g/mol. The minimum Gasteiger partial charge on any atom is -0.356 e. The number of aliphatic imine (C=N–C) groups is 1. The van der Waals surface area contributed by atoms with Crippen LogP contribution in [0, 0.1) is 6.92 Å². The lowest BCUT2D eigenvalue weighted by Crippen LogP contribution is -2.43. The lowest BCUT2D eigenvalue weighted by molar-refractivity contribution is 0.612. The molecule has 1 saturated carbocycles. The van der Waals surface area contributed by atoms with Crippen molar-refractivity contribution >= 4 is 17.7 Å². The summed E-state index contributed by atoms with van der Waals surface area (Å²) in [6, 6.07) is 0.549. The second-order valence-electron chi connectivity index (χ2n) is 7.40. The van der Waals surface area contributed by atoms with Crippen LogP contribution in [0.2, 0.25) is 0 Å². The molecule has 2 rings (SSSR count). The normalized spacial score (nSPS) is 16.6. The summed E-state index contributed by atoms with van der Waals surface area (Å²) < 4.78 is 2.29. The average molecular weight is 353 g/mol. The Morgan fingerprint density at radius 3 is 2.58 bits per heavy atom. The average Bonchev–Trinajstić information content (AvgIpc) is 3.12. The Hall–Kier alpha value is -1.24. The van der Waals surface area contributed by atoms with Gasteiger partial charge in [0.05, 0.1) is 0 Å². The highest BCUT2D eigenvalue weighted by atomic mass is 32.2. The molecule has 0 unspecified atom stereocenters. The van der Waals surface area contributed by atoms with Gasteiger partial charge < -0.3 is 15.2 Å². The molecule has 0 aromatic carbocycles. The molecular formula is C17H32N6S. The van der Waals surface area contributed by atoms with E-state index in [1.165, 1.54) is 25.7 Å². The van der Waals surface area contributed by atoms with Gasteiger partial charge in [0.2, 0.25) is 0 Å². The van der Waals surface area contributed by atoms with Crippen LogP contribution in [0.25, 0.3) is 0 Å². The van der Waals surface area contributed by atoms with Gasteiger partial charge >= 0.3 is 0 Å². The fraction of sp³-hybridized carbons (Fsp3) is 0.824. The van der Waals surface area contributed by atoms with Crippen LogP contribution in [0.4, 0.5) is 0 Å². The summed E-state index contributed by atoms with van der Waals surface area (Å²) in [7, 11) is 1.98. The predicted octanol–water partition coefficient (Wildman–Crippen LogP) is 2.63. The maximum atomic E-state index is 4.73. The molecule has 1 fully saturated rings. The summed E-state index contributed by atoms with van der Waals surface area (Å²) in [4.78, 5) is 4.73. The molecule has 24 heavy (non-hydrogen) atoms. The number of nitrogens with zero attached hydrogens (tertiary/aromatic N) is 4. The molecule has 6 nitrogen and oxygen atoms in total. The van der Waals surface area contributed by atoms with Crippen LogP contribution < -0.4 is 10.6 Å². The first kappa shape index (κ1) is 19.1. The number of nitrogens with one attached hydrogen (secondary N) is 2. The zero-order valence-electron chi connectivity index (χ0n) is 15.7. The largest absolute Gasteiger partial charge is 0.356 e. The molecule has 1 aliphatic carbocycles. The van der Waals surface area contributed by atoms with Crippen molar-refractivity contribution in [1.82, 2.24) is 25.4 Å². The van der Waals surface area contributed by atoms with Gasteiger partial charge in [0.1, 0.15) is 12.4 Å². The molecule has 2 N–H and O–H groups in total. The number of guanidine groups is 1. The van der Waals surface area contributed by atoms with Crippen LogP contribution in [-0.2, 0) is 13.6 Å². The van der Waals surface area contributed by atoms with E-state index in [0.717, 1.165) is 29.9 Å². The third-order valence-electron chi connectivity index (χ3n) is 4.19. The number of thioether (sulfide) groups is 1. The highest BCUT2D eigenvalue weighted by Gasteiger charge is 2.16. The van der Waals surface area contributed by atoms with E-state index in [4.69, 9.17) is 4.99 Å². The Labute approximate surface area is 150 Å². The molecule has 0 atom stereocenters. The number of rotatable bonds is 6. The molecule has 1 aliphatic rings. The van der Waals surface area contributed by atoms with Gasteiger partial charge in [-0.25, -0.2) is 4.99 Å². The van der Waals surface area contributed by atoms with Gasteiger partial charge in [-0.1, -0.05) is 33.6 Å². The standard InChI is InChI=1S/C17H32N6S/c1-13-21-22-15(23(13)5)12-19-16(20-14-8-6-7-9-14)18-10-11-24-17(2,3)4/h14H,6-12H2,1-5H3,(H2,18,19,20). The minimum absolute atomic E-state index is 0.300. The van der Waals surface area contributed by atoms with E-state index >= 15 is 0 Å². The second kappa shape index (κ2) is 8.74. The third kappa shape index (κ3) is 6.34. The summed E-state index contributed by atoms with van der Waals surface area (Å²) in [6.07, 6.45) is 5.10. The van der Waals surface area contributed by atoms with Crippen molar-refractivity contribution in [2.75, 3.05) is 12.3 Å². The van der Waals surface area contributed by atoms with Crippen molar-refractivity contribution in [3.8, 4) is 0 Å². The van der Waals surface area contributed by atoms with Gasteiger partial charge in [0.15, 0.2) is 11.8 Å². The highest BCUT2D eigenvalue weighted by molar-refractivity contribution is 8.00. The van der Waals surface area contributed by atoms with E-state index < -0.39 is 0 Å². The van der Waals surface area contributed by atoms with Crippen molar-refractivity contribution in [2.45, 2.75) is 70.7 Å². The molecule has 1 heterocycles. The second-order valence-corrected chi connectivity index (χ2v) is 9.32. The maximum Gasteiger partial charge on any atom is 0.191 e. The first-order valence-electron chi connectivity index (χ1n) is 8.89. The number of hydrogen-bond acceptors (Lipinski definition) is 4. The van der Waals surface area contributed by atoms with Crippen molar-refractivity contribution in [3.63, 3.8) is 0 Å². The molecule has 7 heteroatoms. The lowest BCUT2D eigenvalue weighted by atomic mass is 10.2. The summed E-state index contributed by atoms with van der Waals surface area (Å²) in [5.74, 6) is 3.78. The molecule has 0 saturated heterocycles. The summed E-state index contributed by atoms with van der Waals surface area (Å²) in [5, 5.41) is 15.4. The Bertz CT molecular complexity index is 540. The molecular weight excluding hydrogens is 320 g/mol. The maximum absolute atomic E-state index is 4.73. The van der Waals surface area contributed by atoms with Gasteiger partial charge in [-0.15, -0.1) is 10.2 Å². The zero-order chi connectivity index (χ0) is 17.6. The van der Waals surface area contributed by atoms with Crippen molar-refractivity contribution in [2.24, 2.45) is 12.0 Å². The lowest BCUT2D eigenvalue weighted by Gasteiger charge is -2.20. The van der Waals surface area contributed by atoms with E-state index in [1.54, 1.807) is 0 Å². The highest BCUT2D eigenvalue weighted by Crippen LogP contribution is 2.22. The molecule has 0 aliphatic heterocycles. The van der Waals surface area contributed by atoms with Gasteiger partial charge in [-0.05, 0) is 19.8 Å². The van der Waals surface area contributed by atoms with Crippen LogP contribution in [0.1, 0.15) is 58.1 Å². The van der Waals surface area contributed by atoms with Crippen LogP contribution in [0.3, 0.4) is 0 Å². The number of aryl methyl sites for hydroxylation is 1. The van der Waals surface area contributed by atoms with Crippen LogP contribution in [0.5, 0.6) is 0 Å². The van der Waals surface area contributed by atoms with Crippen LogP contribution in [0.15, 0.2) is 4.99 Å². The third-order valence-corrected chi connectivity index (χ3v) is 5.46. The van der Waals surface area contributed by atoms with Gasteiger partial charge in [-0.3, -0.25) is 0 Å². The van der Waals surface area contributed by atoms with Crippen molar-refractivity contribution < 1.29 is 0 Å². The molecule has 0 amide bonds. The van der Waals surface area contributed by atoms with E-state index in [9.17, 15) is 0 Å². The van der Waals surface area contributed by atoms with E-state index in [0.29, 0.717) is 17.3 Å². The zero-order valence-corrected chi connectivity index (χ0v) is 16.5. The predicted molar refractivity (Wildman–Crippen MR) is 102 cm³/mol. The number of aromatic nitrogens is 3. The van der Waals surface area contributed by atoms with E-state index in [-0.39, 0.29) is 0 Å². The Morgan fingerprint density at radius 2 is 2.00 bits per heavy atom. The SMILES string of the molecule is Cc1nnc(CN=C(NCCSC(C)(C)C)NC2CCCC2)n1C. The fourth-order valence-corrected chi connectivity index (χ4v) is 3.50. The Kier molecular flexibility index (Phi) is 6.95. The van der Waals surface area contributed by atoms with Gasteiger partial charge in [-0.2, -0.15) is 11.8 Å². The molecule has 1 aromatic heterocycles. The molecule has 0 bridgehead atoms. The number of hydrogen-bond donors (Lipinski definition) is 2.